The molecular formula is C14H19NO3S. The summed E-state index contributed by atoms with van der Waals surface area (Å²) in [6.45, 7) is 2.30. The fourth-order valence-electron chi connectivity index (χ4n) is 3.18. The Morgan fingerprint density at radius 2 is 2.47 bits per heavy atom. The van der Waals surface area contributed by atoms with Crippen LogP contribution in [0.15, 0.2) is 11.4 Å². The quantitative estimate of drug-likeness (QED) is 0.923. The van der Waals surface area contributed by atoms with Crippen molar-refractivity contribution in [2.24, 2.45) is 0 Å². The molecule has 0 aromatic carbocycles. The summed E-state index contributed by atoms with van der Waals surface area (Å²) in [4.78, 5) is 14.7. The lowest BCUT2D eigenvalue weighted by Crippen LogP contribution is -2.45. The zero-order chi connectivity index (χ0) is 13.2. The third kappa shape index (κ3) is 2.83. The van der Waals surface area contributed by atoms with Crippen molar-refractivity contribution >= 4 is 17.3 Å². The molecule has 2 unspecified atom stereocenters. The molecule has 0 saturated carbocycles. The van der Waals surface area contributed by atoms with Gasteiger partial charge in [-0.1, -0.05) is 0 Å². The summed E-state index contributed by atoms with van der Waals surface area (Å²) >= 11 is 1.85. The molecule has 1 aliphatic heterocycles. The number of aryl methyl sites for hydroxylation is 1. The highest BCUT2D eigenvalue weighted by Gasteiger charge is 2.31. The first kappa shape index (κ1) is 13.1. The van der Waals surface area contributed by atoms with Gasteiger partial charge in [-0.2, -0.15) is 0 Å². The number of morpholine rings is 1. The van der Waals surface area contributed by atoms with Crippen LogP contribution in [0.1, 0.15) is 35.7 Å². The molecule has 1 aliphatic carbocycles. The van der Waals surface area contributed by atoms with E-state index in [0.717, 1.165) is 13.1 Å². The van der Waals surface area contributed by atoms with Gasteiger partial charge in [-0.15, -0.1) is 11.3 Å². The average molecular weight is 281 g/mol. The fourth-order valence-corrected chi connectivity index (χ4v) is 4.17. The van der Waals surface area contributed by atoms with E-state index < -0.39 is 5.97 Å². The van der Waals surface area contributed by atoms with Gasteiger partial charge < -0.3 is 9.84 Å². The number of carbonyl (C=O) groups is 1. The summed E-state index contributed by atoms with van der Waals surface area (Å²) in [5.41, 5.74) is 1.47. The van der Waals surface area contributed by atoms with Crippen LogP contribution in [0.3, 0.4) is 0 Å². The minimum Gasteiger partial charge on any atom is -0.481 e. The van der Waals surface area contributed by atoms with E-state index in [4.69, 9.17) is 9.84 Å². The molecule has 1 saturated heterocycles. The first-order chi connectivity index (χ1) is 9.24. The molecule has 0 radical (unpaired) electrons. The second-order valence-electron chi connectivity index (χ2n) is 5.29. The third-order valence-corrected chi connectivity index (χ3v) is 5.03. The van der Waals surface area contributed by atoms with E-state index in [9.17, 15) is 4.79 Å². The Morgan fingerprint density at radius 3 is 3.32 bits per heavy atom. The van der Waals surface area contributed by atoms with Crippen molar-refractivity contribution in [3.05, 3.63) is 21.9 Å². The predicted octanol–water partition coefficient (Wildman–Crippen LogP) is 2.30. The first-order valence-electron chi connectivity index (χ1n) is 6.88. The van der Waals surface area contributed by atoms with Crippen LogP contribution in [-0.4, -0.2) is 41.8 Å². The van der Waals surface area contributed by atoms with Crippen molar-refractivity contribution in [2.45, 2.75) is 37.8 Å². The highest BCUT2D eigenvalue weighted by molar-refractivity contribution is 7.10. The number of ether oxygens (including phenoxy) is 1. The maximum absolute atomic E-state index is 10.8. The van der Waals surface area contributed by atoms with Crippen molar-refractivity contribution in [3.8, 4) is 0 Å². The Bertz CT molecular complexity index is 459. The summed E-state index contributed by atoms with van der Waals surface area (Å²) in [7, 11) is 0. The van der Waals surface area contributed by atoms with Gasteiger partial charge in [0.2, 0.25) is 0 Å². The number of nitrogens with zero attached hydrogens (tertiary/aromatic N) is 1. The second kappa shape index (κ2) is 5.61. The number of hydrogen-bond donors (Lipinski definition) is 1. The highest BCUT2D eigenvalue weighted by atomic mass is 32.1. The summed E-state index contributed by atoms with van der Waals surface area (Å²) < 4.78 is 5.56. The Labute approximate surface area is 117 Å². The van der Waals surface area contributed by atoms with E-state index in [1.54, 1.807) is 0 Å². The molecule has 1 aromatic heterocycles. The molecule has 1 aromatic rings. The van der Waals surface area contributed by atoms with Crippen LogP contribution in [0.4, 0.5) is 0 Å². The van der Waals surface area contributed by atoms with Crippen molar-refractivity contribution < 1.29 is 14.6 Å². The third-order valence-electron chi connectivity index (χ3n) is 4.03. The zero-order valence-corrected chi connectivity index (χ0v) is 11.7. The molecule has 1 fully saturated rings. The Morgan fingerprint density at radius 1 is 1.58 bits per heavy atom. The lowest BCUT2D eigenvalue weighted by Gasteiger charge is -2.39. The SMILES string of the molecule is O=C(O)CC1CN(C2CCCc3sccc32)CCO1. The maximum atomic E-state index is 10.8. The van der Waals surface area contributed by atoms with Crippen LogP contribution < -0.4 is 0 Å². The molecule has 2 aliphatic rings. The Hall–Kier alpha value is -0.910. The van der Waals surface area contributed by atoms with Gasteiger partial charge >= 0.3 is 5.97 Å². The van der Waals surface area contributed by atoms with Gasteiger partial charge in [-0.05, 0) is 36.3 Å². The molecule has 2 atom stereocenters. The van der Waals surface area contributed by atoms with Crippen molar-refractivity contribution in [1.29, 1.82) is 0 Å². The molecule has 1 N–H and O–H groups in total. The van der Waals surface area contributed by atoms with Crippen LogP contribution >= 0.6 is 11.3 Å². The lowest BCUT2D eigenvalue weighted by atomic mass is 9.92. The molecule has 2 heterocycles. The van der Waals surface area contributed by atoms with Crippen molar-refractivity contribution in [2.75, 3.05) is 19.7 Å². The number of carboxylic acid groups (broad SMARTS) is 1. The van der Waals surface area contributed by atoms with E-state index in [0.29, 0.717) is 12.6 Å². The van der Waals surface area contributed by atoms with Crippen molar-refractivity contribution in [3.63, 3.8) is 0 Å². The van der Waals surface area contributed by atoms with Crippen LogP contribution in [0.25, 0.3) is 0 Å². The smallest absolute Gasteiger partial charge is 0.306 e. The molecule has 0 amide bonds. The summed E-state index contributed by atoms with van der Waals surface area (Å²) in [6.07, 6.45) is 3.57. The topological polar surface area (TPSA) is 49.8 Å². The molecule has 0 spiro atoms. The monoisotopic (exact) mass is 281 g/mol. The van der Waals surface area contributed by atoms with Gasteiger partial charge in [0.15, 0.2) is 0 Å². The number of hydrogen-bond acceptors (Lipinski definition) is 4. The van der Waals surface area contributed by atoms with Crippen LogP contribution in [-0.2, 0) is 16.0 Å². The largest absolute Gasteiger partial charge is 0.481 e. The Kier molecular flexibility index (Phi) is 3.86. The highest BCUT2D eigenvalue weighted by Crippen LogP contribution is 2.37. The number of carboxylic acids is 1. The second-order valence-corrected chi connectivity index (χ2v) is 6.29. The number of rotatable bonds is 3. The van der Waals surface area contributed by atoms with Gasteiger partial charge in [0.1, 0.15) is 0 Å². The molecular weight excluding hydrogens is 262 g/mol. The number of thiophene rings is 1. The van der Waals surface area contributed by atoms with Crippen LogP contribution in [0.2, 0.25) is 0 Å². The van der Waals surface area contributed by atoms with Gasteiger partial charge in [0, 0.05) is 24.0 Å². The van der Waals surface area contributed by atoms with E-state index in [-0.39, 0.29) is 12.5 Å². The normalized spacial score (nSPS) is 28.0. The molecule has 3 rings (SSSR count). The van der Waals surface area contributed by atoms with Crippen LogP contribution in [0, 0.1) is 0 Å². The number of aliphatic carboxylic acids is 1. The lowest BCUT2D eigenvalue weighted by molar-refractivity contribution is -0.142. The first-order valence-corrected chi connectivity index (χ1v) is 7.75. The van der Waals surface area contributed by atoms with E-state index in [1.165, 1.54) is 29.7 Å². The summed E-state index contributed by atoms with van der Waals surface area (Å²) in [5.74, 6) is -0.772. The maximum Gasteiger partial charge on any atom is 0.306 e. The van der Waals surface area contributed by atoms with E-state index >= 15 is 0 Å². The average Bonchev–Trinajstić information content (AvgIpc) is 2.86. The predicted molar refractivity (Wildman–Crippen MR) is 73.6 cm³/mol. The van der Waals surface area contributed by atoms with E-state index in [1.807, 2.05) is 11.3 Å². The molecule has 19 heavy (non-hydrogen) atoms. The summed E-state index contributed by atoms with van der Waals surface area (Å²) in [6, 6.07) is 2.71. The van der Waals surface area contributed by atoms with E-state index in [2.05, 4.69) is 16.3 Å². The van der Waals surface area contributed by atoms with Gasteiger partial charge in [-0.25, -0.2) is 0 Å². The zero-order valence-electron chi connectivity index (χ0n) is 10.9. The van der Waals surface area contributed by atoms with Crippen LogP contribution in [0.5, 0.6) is 0 Å². The molecule has 5 heteroatoms. The van der Waals surface area contributed by atoms with Gasteiger partial charge in [0.05, 0.1) is 19.1 Å². The van der Waals surface area contributed by atoms with Gasteiger partial charge in [-0.3, -0.25) is 9.69 Å². The number of fused-ring (bicyclic) bond motifs is 1. The summed E-state index contributed by atoms with van der Waals surface area (Å²) in [5, 5.41) is 11.1. The molecule has 104 valence electrons. The minimum absolute atomic E-state index is 0.111. The molecule has 0 bridgehead atoms. The van der Waals surface area contributed by atoms with Gasteiger partial charge in [0.25, 0.3) is 0 Å². The molecule has 4 nitrogen and oxygen atoms in total. The standard InChI is InChI=1S/C14H19NO3S/c16-14(17)8-10-9-15(5-6-18-10)12-2-1-3-13-11(12)4-7-19-13/h4,7,10,12H,1-3,5-6,8-9H2,(H,16,17). The fraction of sp³-hybridized carbons (Fsp3) is 0.643. The minimum atomic E-state index is -0.772. The van der Waals surface area contributed by atoms with Crippen molar-refractivity contribution in [1.82, 2.24) is 4.90 Å². The Balaban J connectivity index is 1.71.